The fourth-order valence-corrected chi connectivity index (χ4v) is 6.73. The highest BCUT2D eigenvalue weighted by Crippen LogP contribution is 2.54. The maximum absolute atomic E-state index is 9.21. The highest BCUT2D eigenvalue weighted by atomic mass is 16.5. The van der Waals surface area contributed by atoms with Crippen LogP contribution in [0.4, 0.5) is 0 Å². The lowest BCUT2D eigenvalue weighted by molar-refractivity contribution is 0.200. The molecule has 0 unspecified atom stereocenters. The summed E-state index contributed by atoms with van der Waals surface area (Å²) in [6, 6.07) is 32.9. The Hall–Kier alpha value is -4.08. The third kappa shape index (κ3) is 7.48. The number of benzene rings is 4. The van der Waals surface area contributed by atoms with Gasteiger partial charge in [0.05, 0.1) is 26.4 Å². The van der Waals surface area contributed by atoms with Gasteiger partial charge in [-0.1, -0.05) is 48.5 Å². The second-order valence-electron chi connectivity index (χ2n) is 11.5. The average Bonchev–Trinajstić information content (AvgIpc) is 3.12. The van der Waals surface area contributed by atoms with Crippen LogP contribution in [0.15, 0.2) is 97.1 Å². The van der Waals surface area contributed by atoms with Gasteiger partial charge in [-0.15, -0.1) is 0 Å². The van der Waals surface area contributed by atoms with E-state index in [0.29, 0.717) is 0 Å². The first-order chi connectivity index (χ1) is 22.6. The van der Waals surface area contributed by atoms with Crippen LogP contribution in [-0.2, 0) is 10.8 Å². The van der Waals surface area contributed by atoms with E-state index in [9.17, 15) is 20.4 Å². The van der Waals surface area contributed by atoms with Crippen LogP contribution in [0.5, 0.6) is 23.0 Å². The van der Waals surface area contributed by atoms with Crippen molar-refractivity contribution in [2.75, 3.05) is 52.9 Å². The molecule has 0 amide bonds. The quantitative estimate of drug-likeness (QED) is 0.137. The molecule has 4 aromatic carbocycles. The fraction of sp³-hybridized carbons (Fsp3) is 0.368. The van der Waals surface area contributed by atoms with Gasteiger partial charge < -0.3 is 39.4 Å². The second-order valence-corrected chi connectivity index (χ2v) is 11.5. The molecule has 8 nitrogen and oxygen atoms in total. The third-order valence-corrected chi connectivity index (χ3v) is 9.02. The van der Waals surface area contributed by atoms with E-state index < -0.39 is 0 Å². The standard InChI is InChI=1S/C38H44O8/c39-21-25-43-33-9-1-29(2-10-33)37(30-3-11-34(12-4-30)44-26-22-40)17-19-38(20-18-37,31-5-13-35(14-6-31)45-27-23-41)32-7-15-36(16-8-32)46-28-24-42/h1-16,39-42H,17-28H2. The minimum atomic E-state index is -0.275. The Labute approximate surface area is 270 Å². The zero-order valence-electron chi connectivity index (χ0n) is 26.1. The van der Waals surface area contributed by atoms with Crippen LogP contribution in [0.3, 0.4) is 0 Å². The van der Waals surface area contributed by atoms with Crippen molar-refractivity contribution in [1.29, 1.82) is 0 Å². The zero-order chi connectivity index (χ0) is 32.2. The number of aliphatic hydroxyl groups excluding tert-OH is 4. The molecule has 0 saturated heterocycles. The van der Waals surface area contributed by atoms with Crippen molar-refractivity contribution in [3.8, 4) is 23.0 Å². The molecular formula is C38H44O8. The van der Waals surface area contributed by atoms with Crippen LogP contribution >= 0.6 is 0 Å². The molecule has 46 heavy (non-hydrogen) atoms. The number of hydrogen-bond acceptors (Lipinski definition) is 8. The number of aliphatic hydroxyl groups is 4. The van der Waals surface area contributed by atoms with E-state index in [2.05, 4.69) is 48.5 Å². The van der Waals surface area contributed by atoms with Crippen molar-refractivity contribution >= 4 is 0 Å². The summed E-state index contributed by atoms with van der Waals surface area (Å²) < 4.78 is 22.7. The van der Waals surface area contributed by atoms with Gasteiger partial charge in [0.2, 0.25) is 0 Å². The van der Waals surface area contributed by atoms with Crippen molar-refractivity contribution in [2.24, 2.45) is 0 Å². The van der Waals surface area contributed by atoms with E-state index in [0.717, 1.165) is 48.7 Å². The maximum atomic E-state index is 9.21. The molecule has 1 fully saturated rings. The Morgan fingerprint density at radius 2 is 0.543 bits per heavy atom. The largest absolute Gasteiger partial charge is 0.491 e. The molecule has 0 aliphatic heterocycles. The van der Waals surface area contributed by atoms with E-state index in [1.54, 1.807) is 0 Å². The molecule has 4 N–H and O–H groups in total. The molecule has 1 saturated carbocycles. The molecule has 4 aromatic rings. The van der Waals surface area contributed by atoms with Crippen LogP contribution in [0.2, 0.25) is 0 Å². The van der Waals surface area contributed by atoms with Crippen LogP contribution < -0.4 is 18.9 Å². The molecule has 0 atom stereocenters. The molecular weight excluding hydrogens is 584 g/mol. The van der Waals surface area contributed by atoms with Gasteiger partial charge in [0, 0.05) is 10.8 Å². The van der Waals surface area contributed by atoms with E-state index in [1.807, 2.05) is 48.5 Å². The Balaban J connectivity index is 1.52. The highest BCUT2D eigenvalue weighted by Gasteiger charge is 2.46. The van der Waals surface area contributed by atoms with Crippen LogP contribution in [-0.4, -0.2) is 73.3 Å². The lowest BCUT2D eigenvalue weighted by Gasteiger charge is -2.48. The van der Waals surface area contributed by atoms with Crippen molar-refractivity contribution in [3.63, 3.8) is 0 Å². The summed E-state index contributed by atoms with van der Waals surface area (Å²) in [6.07, 6.45) is 3.47. The van der Waals surface area contributed by atoms with Gasteiger partial charge in [0.25, 0.3) is 0 Å². The molecule has 244 valence electrons. The van der Waals surface area contributed by atoms with Crippen molar-refractivity contribution < 1.29 is 39.4 Å². The Bertz CT molecular complexity index is 1240. The van der Waals surface area contributed by atoms with Crippen LogP contribution in [0, 0.1) is 0 Å². The van der Waals surface area contributed by atoms with Gasteiger partial charge in [-0.3, -0.25) is 0 Å². The second kappa shape index (κ2) is 16.0. The summed E-state index contributed by atoms with van der Waals surface area (Å²) in [5.74, 6) is 2.88. The van der Waals surface area contributed by atoms with Crippen molar-refractivity contribution in [1.82, 2.24) is 0 Å². The normalized spacial score (nSPS) is 15.2. The Kier molecular flexibility index (Phi) is 11.5. The van der Waals surface area contributed by atoms with Gasteiger partial charge in [-0.25, -0.2) is 0 Å². The SMILES string of the molecule is OCCOc1ccc(C2(c3ccc(OCCO)cc3)CCC(c3ccc(OCCO)cc3)(c3ccc(OCCO)cc3)CC2)cc1. The van der Waals surface area contributed by atoms with Crippen LogP contribution in [0.25, 0.3) is 0 Å². The topological polar surface area (TPSA) is 118 Å². The van der Waals surface area contributed by atoms with E-state index in [-0.39, 0.29) is 63.7 Å². The monoisotopic (exact) mass is 628 g/mol. The fourth-order valence-electron chi connectivity index (χ4n) is 6.73. The first kappa shape index (κ1) is 33.3. The average molecular weight is 629 g/mol. The smallest absolute Gasteiger partial charge is 0.119 e. The third-order valence-electron chi connectivity index (χ3n) is 9.02. The molecule has 5 rings (SSSR count). The van der Waals surface area contributed by atoms with Gasteiger partial charge in [-0.2, -0.15) is 0 Å². The summed E-state index contributed by atoms with van der Waals surface area (Å²) in [5.41, 5.74) is 4.24. The molecule has 0 radical (unpaired) electrons. The van der Waals surface area contributed by atoms with Crippen molar-refractivity contribution in [3.05, 3.63) is 119 Å². The predicted octanol–water partition coefficient (Wildman–Crippen LogP) is 5.02. The predicted molar refractivity (Wildman–Crippen MR) is 176 cm³/mol. The summed E-state index contributed by atoms with van der Waals surface area (Å²) in [6.45, 7) is 0.824. The van der Waals surface area contributed by atoms with Gasteiger partial charge in [0.15, 0.2) is 0 Å². The Morgan fingerprint density at radius 1 is 0.348 bits per heavy atom. The van der Waals surface area contributed by atoms with Gasteiger partial charge in [0.1, 0.15) is 49.4 Å². The van der Waals surface area contributed by atoms with Gasteiger partial charge in [-0.05, 0) is 96.5 Å². The molecule has 0 bridgehead atoms. The maximum Gasteiger partial charge on any atom is 0.119 e. The summed E-state index contributed by atoms with van der Waals surface area (Å²) >= 11 is 0. The summed E-state index contributed by atoms with van der Waals surface area (Å²) in [5, 5.41) is 36.9. The number of rotatable bonds is 16. The highest BCUT2D eigenvalue weighted by molar-refractivity contribution is 5.49. The van der Waals surface area contributed by atoms with E-state index >= 15 is 0 Å². The minimum absolute atomic E-state index is 0.0401. The lowest BCUT2D eigenvalue weighted by atomic mass is 9.55. The molecule has 1 aliphatic carbocycles. The Morgan fingerprint density at radius 3 is 0.717 bits per heavy atom. The summed E-state index contributed by atoms with van der Waals surface area (Å²) in [4.78, 5) is 0. The summed E-state index contributed by atoms with van der Waals surface area (Å²) in [7, 11) is 0. The first-order valence-corrected chi connectivity index (χ1v) is 15.9. The number of hydrogen-bond donors (Lipinski definition) is 4. The molecule has 0 spiro atoms. The first-order valence-electron chi connectivity index (χ1n) is 15.9. The number of ether oxygens (including phenoxy) is 4. The van der Waals surface area contributed by atoms with E-state index in [4.69, 9.17) is 18.9 Å². The van der Waals surface area contributed by atoms with Crippen LogP contribution in [0.1, 0.15) is 47.9 Å². The van der Waals surface area contributed by atoms with Crippen molar-refractivity contribution in [2.45, 2.75) is 36.5 Å². The molecule has 0 aromatic heterocycles. The molecule has 1 aliphatic rings. The molecule has 8 heteroatoms. The zero-order valence-corrected chi connectivity index (χ0v) is 26.1. The minimum Gasteiger partial charge on any atom is -0.491 e. The van der Waals surface area contributed by atoms with E-state index in [1.165, 1.54) is 22.3 Å². The van der Waals surface area contributed by atoms with Gasteiger partial charge >= 0.3 is 0 Å². The molecule has 0 heterocycles. The lowest BCUT2D eigenvalue weighted by Crippen LogP contribution is -2.41.